The van der Waals surface area contributed by atoms with Crippen molar-refractivity contribution in [3.05, 3.63) is 75.0 Å². The van der Waals surface area contributed by atoms with Gasteiger partial charge in [-0.1, -0.05) is 35.0 Å². The molecular weight excluding hydrogens is 312 g/mol. The van der Waals surface area contributed by atoms with Crippen LogP contribution in [0.25, 0.3) is 11.1 Å². The summed E-state index contributed by atoms with van der Waals surface area (Å²) in [4.78, 5) is 12.3. The van der Waals surface area contributed by atoms with Crippen molar-refractivity contribution >= 4 is 11.6 Å². The Morgan fingerprint density at radius 3 is 2.57 bits per heavy atom. The fourth-order valence-electron chi connectivity index (χ4n) is 2.81. The van der Waals surface area contributed by atoms with Crippen molar-refractivity contribution in [2.24, 2.45) is 0 Å². The number of hydrogen-bond donors (Lipinski definition) is 0. The third-order valence-corrected chi connectivity index (χ3v) is 4.38. The molecule has 23 heavy (non-hydrogen) atoms. The monoisotopic (exact) mass is 328 g/mol. The molecule has 1 unspecified atom stereocenters. The van der Waals surface area contributed by atoms with Gasteiger partial charge in [0, 0.05) is 28.4 Å². The number of halogens is 1. The Hall–Kier alpha value is -2.33. The number of hydrogen-bond acceptors (Lipinski definition) is 3. The summed E-state index contributed by atoms with van der Waals surface area (Å²) in [6.45, 7) is 5.71. The normalized spacial score (nSPS) is 12.3. The molecule has 0 fully saturated rings. The first-order valence-electron chi connectivity index (χ1n) is 7.39. The van der Waals surface area contributed by atoms with E-state index in [2.05, 4.69) is 5.16 Å². The maximum atomic E-state index is 12.3. The first kappa shape index (κ1) is 15.6. The number of aryl methyl sites for hydroxylation is 2. The fourth-order valence-corrected chi connectivity index (χ4v) is 3.11. The molecule has 5 heteroatoms. The highest BCUT2D eigenvalue weighted by molar-refractivity contribution is 6.31. The molecule has 3 aromatic rings. The number of aromatic nitrogens is 2. The van der Waals surface area contributed by atoms with Crippen LogP contribution in [0.15, 0.2) is 51.9 Å². The zero-order valence-corrected chi connectivity index (χ0v) is 14.0. The standard InChI is InChI=1S/C18H17ClN2O2/c1-11-18(13(3)23-20-11)14-8-9-17(22)21(10-14)12(2)15-6-4-5-7-16(15)19/h4-10,12H,1-3H3. The summed E-state index contributed by atoms with van der Waals surface area (Å²) in [7, 11) is 0. The van der Waals surface area contributed by atoms with Crippen LogP contribution >= 0.6 is 11.6 Å². The first-order chi connectivity index (χ1) is 11.0. The van der Waals surface area contributed by atoms with E-state index in [9.17, 15) is 4.79 Å². The van der Waals surface area contributed by atoms with E-state index in [4.69, 9.17) is 16.1 Å². The van der Waals surface area contributed by atoms with Crippen LogP contribution in [-0.2, 0) is 0 Å². The smallest absolute Gasteiger partial charge is 0.251 e. The zero-order chi connectivity index (χ0) is 16.6. The van der Waals surface area contributed by atoms with E-state index in [0.29, 0.717) is 5.02 Å². The molecule has 0 N–H and O–H groups in total. The second-order valence-corrected chi connectivity index (χ2v) is 5.97. The molecule has 1 aromatic carbocycles. The van der Waals surface area contributed by atoms with Crippen molar-refractivity contribution in [2.75, 3.05) is 0 Å². The Kier molecular flexibility index (Phi) is 4.09. The molecule has 0 aliphatic heterocycles. The maximum absolute atomic E-state index is 12.3. The molecule has 1 atom stereocenters. The van der Waals surface area contributed by atoms with Crippen LogP contribution in [-0.4, -0.2) is 9.72 Å². The largest absolute Gasteiger partial charge is 0.361 e. The van der Waals surface area contributed by atoms with Gasteiger partial charge >= 0.3 is 0 Å². The Balaban J connectivity index is 2.12. The zero-order valence-electron chi connectivity index (χ0n) is 13.2. The average molecular weight is 329 g/mol. The van der Waals surface area contributed by atoms with Gasteiger partial charge in [-0.15, -0.1) is 0 Å². The minimum absolute atomic E-state index is 0.0760. The summed E-state index contributed by atoms with van der Waals surface area (Å²) < 4.78 is 6.91. The number of rotatable bonds is 3. The van der Waals surface area contributed by atoms with Crippen molar-refractivity contribution < 1.29 is 4.52 Å². The molecule has 0 amide bonds. The van der Waals surface area contributed by atoms with Gasteiger partial charge in [0.15, 0.2) is 0 Å². The van der Waals surface area contributed by atoms with Gasteiger partial charge in [0.25, 0.3) is 5.56 Å². The molecule has 0 aliphatic rings. The van der Waals surface area contributed by atoms with Gasteiger partial charge in [0.1, 0.15) is 5.76 Å². The molecule has 118 valence electrons. The van der Waals surface area contributed by atoms with Crippen LogP contribution in [0, 0.1) is 13.8 Å². The second-order valence-electron chi connectivity index (χ2n) is 5.56. The molecule has 0 saturated carbocycles. The first-order valence-corrected chi connectivity index (χ1v) is 7.76. The molecule has 0 radical (unpaired) electrons. The minimum Gasteiger partial charge on any atom is -0.361 e. The van der Waals surface area contributed by atoms with Crippen LogP contribution in [0.2, 0.25) is 5.02 Å². The van der Waals surface area contributed by atoms with E-state index in [1.165, 1.54) is 0 Å². The van der Waals surface area contributed by atoms with Gasteiger partial charge in [-0.2, -0.15) is 0 Å². The van der Waals surface area contributed by atoms with E-state index >= 15 is 0 Å². The Labute approximate surface area is 139 Å². The van der Waals surface area contributed by atoms with Crippen molar-refractivity contribution in [2.45, 2.75) is 26.8 Å². The predicted octanol–water partition coefficient (Wildman–Crippen LogP) is 4.38. The van der Waals surface area contributed by atoms with E-state index in [0.717, 1.165) is 28.1 Å². The lowest BCUT2D eigenvalue weighted by Gasteiger charge is -2.18. The Bertz CT molecular complexity index is 892. The lowest BCUT2D eigenvalue weighted by atomic mass is 10.0. The fraction of sp³-hybridized carbons (Fsp3) is 0.222. The number of benzene rings is 1. The minimum atomic E-state index is -0.170. The molecule has 0 saturated heterocycles. The highest BCUT2D eigenvalue weighted by Crippen LogP contribution is 2.29. The summed E-state index contributed by atoms with van der Waals surface area (Å²) in [6.07, 6.45) is 1.84. The number of pyridine rings is 1. The predicted molar refractivity (Wildman–Crippen MR) is 90.9 cm³/mol. The molecule has 3 rings (SSSR count). The van der Waals surface area contributed by atoms with Crippen LogP contribution in [0.3, 0.4) is 0 Å². The quantitative estimate of drug-likeness (QED) is 0.716. The third-order valence-electron chi connectivity index (χ3n) is 4.03. The topological polar surface area (TPSA) is 48.0 Å². The SMILES string of the molecule is Cc1noc(C)c1-c1ccc(=O)n(C(C)c2ccccc2Cl)c1. The van der Waals surface area contributed by atoms with Crippen LogP contribution in [0.4, 0.5) is 0 Å². The molecule has 0 aliphatic carbocycles. The van der Waals surface area contributed by atoms with Gasteiger partial charge in [-0.25, -0.2) is 0 Å². The molecular formula is C18H17ClN2O2. The summed E-state index contributed by atoms with van der Waals surface area (Å²) >= 11 is 6.27. The molecule has 2 heterocycles. The van der Waals surface area contributed by atoms with Gasteiger partial charge < -0.3 is 9.09 Å². The van der Waals surface area contributed by atoms with E-state index in [1.54, 1.807) is 16.7 Å². The summed E-state index contributed by atoms with van der Waals surface area (Å²) in [5, 5.41) is 4.63. The van der Waals surface area contributed by atoms with Gasteiger partial charge in [-0.3, -0.25) is 4.79 Å². The second kappa shape index (κ2) is 6.05. The van der Waals surface area contributed by atoms with Crippen molar-refractivity contribution in [3.8, 4) is 11.1 Å². The summed E-state index contributed by atoms with van der Waals surface area (Å²) in [5.74, 6) is 0.734. The van der Waals surface area contributed by atoms with E-state index in [-0.39, 0.29) is 11.6 Å². The molecule has 2 aromatic heterocycles. The Morgan fingerprint density at radius 1 is 1.17 bits per heavy atom. The maximum Gasteiger partial charge on any atom is 0.251 e. The van der Waals surface area contributed by atoms with E-state index in [1.807, 2.05) is 51.2 Å². The third kappa shape index (κ3) is 2.82. The lowest BCUT2D eigenvalue weighted by molar-refractivity contribution is 0.393. The van der Waals surface area contributed by atoms with Crippen LogP contribution in [0.1, 0.15) is 30.0 Å². The number of nitrogens with zero attached hydrogens (tertiary/aromatic N) is 2. The highest BCUT2D eigenvalue weighted by atomic mass is 35.5. The van der Waals surface area contributed by atoms with Crippen LogP contribution in [0.5, 0.6) is 0 Å². The summed E-state index contributed by atoms with van der Waals surface area (Å²) in [5.41, 5.74) is 3.46. The lowest BCUT2D eigenvalue weighted by Crippen LogP contribution is -2.23. The van der Waals surface area contributed by atoms with Crippen molar-refractivity contribution in [1.82, 2.24) is 9.72 Å². The molecule has 0 bridgehead atoms. The van der Waals surface area contributed by atoms with Gasteiger partial charge in [0.2, 0.25) is 0 Å². The molecule has 0 spiro atoms. The highest BCUT2D eigenvalue weighted by Gasteiger charge is 2.16. The summed E-state index contributed by atoms with van der Waals surface area (Å²) in [6, 6.07) is 10.7. The van der Waals surface area contributed by atoms with E-state index < -0.39 is 0 Å². The van der Waals surface area contributed by atoms with Gasteiger partial charge in [-0.05, 0) is 38.5 Å². The Morgan fingerprint density at radius 2 is 1.91 bits per heavy atom. The molecule has 4 nitrogen and oxygen atoms in total. The van der Waals surface area contributed by atoms with Crippen molar-refractivity contribution in [3.63, 3.8) is 0 Å². The van der Waals surface area contributed by atoms with Crippen LogP contribution < -0.4 is 5.56 Å². The van der Waals surface area contributed by atoms with Crippen molar-refractivity contribution in [1.29, 1.82) is 0 Å². The average Bonchev–Trinajstić information content (AvgIpc) is 2.87. The van der Waals surface area contributed by atoms with Gasteiger partial charge in [0.05, 0.1) is 11.7 Å².